The Bertz CT molecular complexity index is 322. The summed E-state index contributed by atoms with van der Waals surface area (Å²) in [6, 6.07) is 6.79. The molecule has 0 amide bonds. The zero-order valence-corrected chi connectivity index (χ0v) is 12.6. The molecule has 1 aromatic rings. The van der Waals surface area contributed by atoms with E-state index in [0.717, 1.165) is 23.9 Å². The first-order valence-corrected chi connectivity index (χ1v) is 10.4. The van der Waals surface area contributed by atoms with Crippen LogP contribution in [0.2, 0.25) is 19.1 Å². The molecule has 0 bridgehead atoms. The van der Waals surface area contributed by atoms with Gasteiger partial charge in [0.2, 0.25) is 0 Å². The Morgan fingerprint density at radius 3 is 2.76 bits per heavy atom. The maximum absolute atomic E-state index is 11.8. The summed E-state index contributed by atoms with van der Waals surface area (Å²) in [5.74, 6) is 1.31. The minimum absolute atomic E-state index is 0.565. The van der Waals surface area contributed by atoms with Crippen LogP contribution in [0.15, 0.2) is 24.4 Å². The van der Waals surface area contributed by atoms with Crippen molar-refractivity contribution in [3.63, 3.8) is 0 Å². The molecule has 0 radical (unpaired) electrons. The number of rotatable bonds is 7. The number of aromatic nitrogens is 1. The largest absolute Gasteiger partial charge is 0.616 e. The third kappa shape index (κ3) is 6.21. The van der Waals surface area contributed by atoms with E-state index in [0.29, 0.717) is 5.75 Å². The van der Waals surface area contributed by atoms with Crippen molar-refractivity contribution in [3.05, 3.63) is 30.1 Å². The molecule has 1 unspecified atom stereocenters. The minimum atomic E-state index is -1.49. The van der Waals surface area contributed by atoms with Crippen LogP contribution in [0.5, 0.6) is 0 Å². The predicted molar refractivity (Wildman–Crippen MR) is 74.9 cm³/mol. The highest BCUT2D eigenvalue weighted by Gasteiger charge is 2.21. The number of hydrogen-bond donors (Lipinski definition) is 0. The molecule has 0 spiro atoms. The molecule has 0 fully saturated rings. The normalized spacial score (nSPS) is 13.6. The van der Waals surface area contributed by atoms with Crippen LogP contribution in [0.3, 0.4) is 0 Å². The van der Waals surface area contributed by atoms with Crippen molar-refractivity contribution in [3.8, 4) is 0 Å². The van der Waals surface area contributed by atoms with Crippen molar-refractivity contribution in [1.29, 1.82) is 0 Å². The van der Waals surface area contributed by atoms with Crippen molar-refractivity contribution < 1.29 is 8.98 Å². The highest BCUT2D eigenvalue weighted by Crippen LogP contribution is 2.14. The molecule has 1 aromatic heterocycles. The van der Waals surface area contributed by atoms with Crippen LogP contribution >= 0.6 is 0 Å². The molecule has 1 atom stereocenters. The second-order valence-corrected chi connectivity index (χ2v) is 10.7. The fourth-order valence-corrected chi connectivity index (χ4v) is 4.08. The summed E-state index contributed by atoms with van der Waals surface area (Å²) < 4.78 is 17.3. The van der Waals surface area contributed by atoms with E-state index >= 15 is 0 Å². The van der Waals surface area contributed by atoms with E-state index in [1.54, 1.807) is 13.3 Å². The quantitative estimate of drug-likeness (QED) is 0.565. The van der Waals surface area contributed by atoms with Gasteiger partial charge in [0.25, 0.3) is 0 Å². The van der Waals surface area contributed by atoms with Gasteiger partial charge in [-0.1, -0.05) is 6.07 Å². The maximum atomic E-state index is 11.8. The molecule has 0 aliphatic carbocycles. The van der Waals surface area contributed by atoms with Gasteiger partial charge in [0.05, 0.1) is 5.69 Å². The summed E-state index contributed by atoms with van der Waals surface area (Å²) in [6.45, 7) is 4.38. The summed E-state index contributed by atoms with van der Waals surface area (Å²) in [5, 5.41) is 0. The topological polar surface area (TPSA) is 45.2 Å². The van der Waals surface area contributed by atoms with Crippen LogP contribution < -0.4 is 0 Å². The fourth-order valence-electron chi connectivity index (χ4n) is 1.48. The molecule has 0 aliphatic heterocycles. The lowest BCUT2D eigenvalue weighted by atomic mass is 10.4. The van der Waals surface area contributed by atoms with Crippen molar-refractivity contribution in [2.45, 2.75) is 31.3 Å². The van der Waals surface area contributed by atoms with Crippen LogP contribution in [-0.2, 0) is 21.4 Å². The molecule has 0 aromatic carbocycles. The van der Waals surface area contributed by atoms with E-state index in [2.05, 4.69) is 18.1 Å². The van der Waals surface area contributed by atoms with Crippen molar-refractivity contribution in [2.24, 2.45) is 0 Å². The van der Waals surface area contributed by atoms with E-state index < -0.39 is 19.5 Å². The van der Waals surface area contributed by atoms with E-state index in [9.17, 15) is 4.55 Å². The molecule has 0 saturated carbocycles. The van der Waals surface area contributed by atoms with Crippen molar-refractivity contribution >= 4 is 19.5 Å². The van der Waals surface area contributed by atoms with Crippen LogP contribution in [-0.4, -0.2) is 30.7 Å². The lowest BCUT2D eigenvalue weighted by molar-refractivity contribution is 0.403. The summed E-state index contributed by atoms with van der Waals surface area (Å²) in [6.07, 6.45) is 2.72. The van der Waals surface area contributed by atoms with Crippen LogP contribution in [0.4, 0.5) is 0 Å². The average molecular weight is 271 g/mol. The van der Waals surface area contributed by atoms with E-state index in [1.165, 1.54) is 0 Å². The lowest BCUT2D eigenvalue weighted by Gasteiger charge is -2.20. The molecule has 1 rings (SSSR count). The Morgan fingerprint density at radius 2 is 2.18 bits per heavy atom. The van der Waals surface area contributed by atoms with Crippen molar-refractivity contribution in [1.82, 2.24) is 4.98 Å². The van der Waals surface area contributed by atoms with Crippen LogP contribution in [0.1, 0.15) is 12.1 Å². The standard InChI is InChI=1S/C12H21NO2SSi/c1-15-17(2,3)10-6-9-16(14)11-12-7-4-5-8-13-12/h4-5,7-8H,6,9-11H2,1-3H3. The Hall–Kier alpha value is -0.363. The average Bonchev–Trinajstić information content (AvgIpc) is 2.30. The van der Waals surface area contributed by atoms with Gasteiger partial charge in [-0.3, -0.25) is 4.98 Å². The highest BCUT2D eigenvalue weighted by atomic mass is 32.2. The van der Waals surface area contributed by atoms with Crippen LogP contribution in [0.25, 0.3) is 0 Å². The van der Waals surface area contributed by atoms with Gasteiger partial charge in [0, 0.05) is 13.3 Å². The Kier molecular flexibility index (Phi) is 6.19. The molecular weight excluding hydrogens is 250 g/mol. The summed E-state index contributed by atoms with van der Waals surface area (Å²) >= 11 is -0.804. The van der Waals surface area contributed by atoms with Gasteiger partial charge in [0.15, 0.2) is 8.32 Å². The zero-order chi connectivity index (χ0) is 12.7. The minimum Gasteiger partial charge on any atom is -0.616 e. The molecule has 96 valence electrons. The monoisotopic (exact) mass is 271 g/mol. The Balaban J connectivity index is 2.24. The van der Waals surface area contributed by atoms with Crippen LogP contribution in [0, 0.1) is 0 Å². The highest BCUT2D eigenvalue weighted by molar-refractivity contribution is 7.90. The molecule has 1 heterocycles. The number of hydrogen-bond acceptors (Lipinski definition) is 3. The van der Waals surface area contributed by atoms with Gasteiger partial charge in [-0.2, -0.15) is 0 Å². The third-order valence-electron chi connectivity index (χ3n) is 2.74. The second kappa shape index (κ2) is 7.16. The van der Waals surface area contributed by atoms with E-state index in [-0.39, 0.29) is 0 Å². The molecule has 17 heavy (non-hydrogen) atoms. The van der Waals surface area contributed by atoms with Gasteiger partial charge in [-0.25, -0.2) is 0 Å². The maximum Gasteiger partial charge on any atom is 0.186 e. The molecule has 3 nitrogen and oxygen atoms in total. The molecule has 0 saturated heterocycles. The Morgan fingerprint density at radius 1 is 1.41 bits per heavy atom. The van der Waals surface area contributed by atoms with Gasteiger partial charge < -0.3 is 8.98 Å². The van der Waals surface area contributed by atoms with Crippen molar-refractivity contribution in [2.75, 3.05) is 12.9 Å². The summed E-state index contributed by atoms with van der Waals surface area (Å²) in [5.41, 5.74) is 0.911. The predicted octanol–water partition coefficient (Wildman–Crippen LogP) is 2.57. The second-order valence-electron chi connectivity index (χ2n) is 4.68. The first-order chi connectivity index (χ1) is 8.03. The molecule has 0 aliphatic rings. The first-order valence-electron chi connectivity index (χ1n) is 5.83. The van der Waals surface area contributed by atoms with E-state index in [4.69, 9.17) is 4.43 Å². The lowest BCUT2D eigenvalue weighted by Crippen LogP contribution is -2.29. The number of nitrogens with zero attached hydrogens (tertiary/aromatic N) is 1. The zero-order valence-electron chi connectivity index (χ0n) is 10.8. The summed E-state index contributed by atoms with van der Waals surface area (Å²) in [4.78, 5) is 4.18. The summed E-state index contributed by atoms with van der Waals surface area (Å²) in [7, 11) is 0.289. The Labute approximate surface area is 108 Å². The van der Waals surface area contributed by atoms with Gasteiger partial charge in [0.1, 0.15) is 11.5 Å². The van der Waals surface area contributed by atoms with E-state index in [1.807, 2.05) is 18.2 Å². The SMILES string of the molecule is CO[Si](C)(C)CCC[S+]([O-])Cc1ccccn1. The molecule has 0 N–H and O–H groups in total. The molecular formula is C12H21NO2SSi. The van der Waals surface area contributed by atoms with Gasteiger partial charge in [-0.05, 0) is 48.9 Å². The fraction of sp³-hybridized carbons (Fsp3) is 0.583. The first kappa shape index (κ1) is 14.7. The van der Waals surface area contributed by atoms with Gasteiger partial charge >= 0.3 is 0 Å². The smallest absolute Gasteiger partial charge is 0.186 e. The third-order valence-corrected chi connectivity index (χ3v) is 6.76. The molecule has 5 heteroatoms. The number of pyridine rings is 1. The van der Waals surface area contributed by atoms with Gasteiger partial charge in [-0.15, -0.1) is 0 Å².